The maximum absolute atomic E-state index is 15.2. The van der Waals surface area contributed by atoms with Crippen LogP contribution in [0, 0.1) is 13.8 Å². The summed E-state index contributed by atoms with van der Waals surface area (Å²) in [4.78, 5) is 27.7. The van der Waals surface area contributed by atoms with Gasteiger partial charge < -0.3 is 61.4 Å². The van der Waals surface area contributed by atoms with Crippen molar-refractivity contribution in [3.05, 3.63) is 70.8 Å². The lowest BCUT2D eigenvalue weighted by atomic mass is 10.0. The minimum Gasteiger partial charge on any atom is -0.748 e. The number of benzene rings is 3. The Morgan fingerprint density at radius 1 is 0.556 bits per heavy atom. The maximum atomic E-state index is 15.2. The highest BCUT2D eigenvalue weighted by Gasteiger charge is 2.30. The fraction of sp³-hybridized carbons (Fsp3) is 0.604. The van der Waals surface area contributed by atoms with Gasteiger partial charge in [-0.1, -0.05) is 27.7 Å². The number of rotatable bonds is 35. The van der Waals surface area contributed by atoms with E-state index < -0.39 is 52.2 Å². The molecule has 3 aromatic carbocycles. The fourth-order valence-corrected chi connectivity index (χ4v) is 8.83. The third kappa shape index (κ3) is 18.1. The number of hydrogen-bond donors (Lipinski definition) is 0. The largest absolute Gasteiger partial charge is 0.748 e. The zero-order chi connectivity index (χ0) is 52.8. The molecule has 402 valence electrons. The number of carbonyl (C=O) groups excluding carboxylic acids is 2. The van der Waals surface area contributed by atoms with Gasteiger partial charge in [0.1, 0.15) is 41.7 Å². The van der Waals surface area contributed by atoms with Crippen molar-refractivity contribution in [1.29, 1.82) is 0 Å². The quantitative estimate of drug-likeness (QED) is 0.0148. The molecule has 0 saturated heterocycles. The van der Waals surface area contributed by atoms with E-state index in [0.29, 0.717) is 44.4 Å². The molecule has 0 fully saturated rings. The van der Waals surface area contributed by atoms with Gasteiger partial charge in [-0.3, -0.25) is 0 Å². The number of aryl methyl sites for hydroxylation is 3. The van der Waals surface area contributed by atoms with Gasteiger partial charge >= 0.3 is 11.9 Å². The van der Waals surface area contributed by atoms with Crippen LogP contribution in [0.3, 0.4) is 0 Å². The Balaban J connectivity index is 2.00. The first-order valence-corrected chi connectivity index (χ1v) is 26.2. The number of fused-ring (bicyclic) bond motifs is 2. The van der Waals surface area contributed by atoms with Crippen molar-refractivity contribution in [2.45, 2.75) is 117 Å². The number of carbonyl (C=O) groups is 2. The predicted octanol–water partition coefficient (Wildman–Crippen LogP) is 7.10. The van der Waals surface area contributed by atoms with E-state index in [1.165, 1.54) is 7.11 Å². The van der Waals surface area contributed by atoms with Crippen molar-refractivity contribution in [2.75, 3.05) is 94.2 Å². The number of nitrogens with zero attached hydrogens (tertiary/aromatic N) is 1. The first kappa shape index (κ1) is 60.0. The van der Waals surface area contributed by atoms with Crippen LogP contribution in [-0.4, -0.2) is 156 Å². The second kappa shape index (κ2) is 30.6. The number of esters is 2. The van der Waals surface area contributed by atoms with Crippen molar-refractivity contribution in [3.63, 3.8) is 0 Å². The van der Waals surface area contributed by atoms with Crippen molar-refractivity contribution >= 4 is 43.9 Å². The minimum atomic E-state index is -4.57. The summed E-state index contributed by atoms with van der Waals surface area (Å²) in [5, 5.41) is 0.759. The van der Waals surface area contributed by atoms with Crippen molar-refractivity contribution in [2.24, 2.45) is 0 Å². The summed E-state index contributed by atoms with van der Waals surface area (Å²) in [6.45, 7) is 13.4. The van der Waals surface area contributed by atoms with Gasteiger partial charge in [-0.15, -0.1) is 0 Å². The highest BCUT2D eigenvalue weighted by Crippen LogP contribution is 2.34. The van der Waals surface area contributed by atoms with Crippen molar-refractivity contribution < 1.29 is 84.0 Å². The molecule has 4 rings (SSSR count). The van der Waals surface area contributed by atoms with E-state index in [4.69, 9.17) is 56.8 Å². The number of ether oxygens (including phenoxy) is 12. The summed E-state index contributed by atoms with van der Waals surface area (Å²) in [7, 11) is 2.98. The third-order valence-corrected chi connectivity index (χ3v) is 12.8. The Hall–Kier alpha value is -4.54. The molecule has 0 atom stereocenters. The molecule has 1 heterocycles. The molecule has 0 aliphatic carbocycles. The average Bonchev–Trinajstić information content (AvgIpc) is 3.35. The first-order valence-electron chi connectivity index (χ1n) is 24.6. The Kier molecular flexibility index (Phi) is 25.5. The molecule has 0 spiro atoms. The Morgan fingerprint density at radius 2 is 0.958 bits per heavy atom. The zero-order valence-corrected chi connectivity index (χ0v) is 44.8. The summed E-state index contributed by atoms with van der Waals surface area (Å²) in [5.74, 6) is -0.949. The highest BCUT2D eigenvalue weighted by molar-refractivity contribution is 7.85. The van der Waals surface area contributed by atoms with Crippen LogP contribution in [0.4, 0.5) is 0 Å². The molecule has 19 heteroatoms. The van der Waals surface area contributed by atoms with Gasteiger partial charge in [0, 0.05) is 52.7 Å². The molecule has 0 N–H and O–H groups in total. The maximum Gasteiger partial charge on any atom is 0.345 e. The summed E-state index contributed by atoms with van der Waals surface area (Å²) >= 11 is 0. The summed E-state index contributed by atoms with van der Waals surface area (Å²) in [6, 6.07) is 13.7. The van der Waals surface area contributed by atoms with Crippen LogP contribution in [0.1, 0.15) is 91.6 Å². The van der Waals surface area contributed by atoms with Gasteiger partial charge in [0.15, 0.2) is 6.54 Å². The van der Waals surface area contributed by atoms with Crippen molar-refractivity contribution in [3.8, 4) is 17.2 Å². The molecule has 4 aromatic rings. The molecular formula is C53H77NO17S. The molecule has 18 nitrogen and oxygen atoms in total. The van der Waals surface area contributed by atoms with Crippen LogP contribution in [0.25, 0.3) is 21.8 Å². The fourth-order valence-electron chi connectivity index (χ4n) is 8.35. The second-order valence-electron chi connectivity index (χ2n) is 17.6. The van der Waals surface area contributed by atoms with E-state index in [9.17, 15) is 17.8 Å². The zero-order valence-electron chi connectivity index (χ0n) is 44.0. The van der Waals surface area contributed by atoms with Gasteiger partial charge in [-0.05, 0) is 87.1 Å². The van der Waals surface area contributed by atoms with Crippen LogP contribution < -0.4 is 18.8 Å². The lowest BCUT2D eigenvalue weighted by molar-refractivity contribution is -0.645. The monoisotopic (exact) mass is 1030 g/mol. The predicted molar refractivity (Wildman–Crippen MR) is 270 cm³/mol. The molecule has 0 radical (unpaired) electrons. The lowest BCUT2D eigenvalue weighted by Gasteiger charge is -2.25. The molecule has 0 bridgehead atoms. The molecule has 72 heavy (non-hydrogen) atoms. The van der Waals surface area contributed by atoms with E-state index in [2.05, 4.69) is 27.7 Å². The van der Waals surface area contributed by atoms with Gasteiger partial charge in [0.05, 0.1) is 104 Å². The molecule has 0 aliphatic rings. The summed E-state index contributed by atoms with van der Waals surface area (Å²) in [6.07, 6.45) is 1.17. The lowest BCUT2D eigenvalue weighted by Crippen LogP contribution is -2.38. The first-order chi connectivity index (χ1) is 34.6. The van der Waals surface area contributed by atoms with Gasteiger partial charge in [0.25, 0.3) is 0 Å². The summed E-state index contributed by atoms with van der Waals surface area (Å²) < 4.78 is 109. The van der Waals surface area contributed by atoms with E-state index in [1.807, 2.05) is 4.57 Å². The highest BCUT2D eigenvalue weighted by atomic mass is 32.2. The second-order valence-corrected chi connectivity index (χ2v) is 19.1. The van der Waals surface area contributed by atoms with Gasteiger partial charge in [-0.25, -0.2) is 18.0 Å². The molecule has 1 aromatic heterocycles. The standard InChI is InChI=1S/C53H77NO17S/c1-12-38(13-2)65-31-44(32-66-39(14-3)15-4)69-40-17-19-48-46(25-40)50(53(56)71-51-35(5)23-37(24-36(51)6)52(55)64-11)47-26-41(18-20-49(47)54(48)21-16-22-72(57,58)59)70-45(33-67-42(27-60-7)28-61-8)34-68-43(29-62-9)30-63-10/h17-20,23-26,38-39,42-45H,12-16,21-22,27-34H2,1-11H3. The smallest absolute Gasteiger partial charge is 0.345 e. The number of methoxy groups -OCH3 is 5. The Morgan fingerprint density at radius 3 is 1.32 bits per heavy atom. The van der Waals surface area contributed by atoms with Crippen LogP contribution in [0.15, 0.2) is 48.5 Å². The number of pyridine rings is 1. The minimum absolute atomic E-state index is 0.0162. The molecule has 0 aliphatic heterocycles. The normalized spacial score (nSPS) is 12.2. The number of hydrogen-bond acceptors (Lipinski definition) is 17. The van der Waals surface area contributed by atoms with E-state index >= 15 is 4.79 Å². The van der Waals surface area contributed by atoms with Gasteiger partial charge in [-0.2, -0.15) is 4.57 Å². The van der Waals surface area contributed by atoms with Crippen LogP contribution in [0.5, 0.6) is 17.2 Å². The topological polar surface area (TPSA) is 206 Å². The van der Waals surface area contributed by atoms with E-state index in [1.54, 1.807) is 90.8 Å². The molecule has 0 saturated carbocycles. The Bertz CT molecular complexity index is 2350. The van der Waals surface area contributed by atoms with E-state index in [0.717, 1.165) is 25.7 Å². The van der Waals surface area contributed by atoms with E-state index in [-0.39, 0.29) is 94.9 Å². The molecule has 0 unspecified atom stereocenters. The van der Waals surface area contributed by atoms with Gasteiger partial charge in [0.2, 0.25) is 11.0 Å². The van der Waals surface area contributed by atoms with Crippen molar-refractivity contribution in [1.82, 2.24) is 0 Å². The van der Waals surface area contributed by atoms with Crippen LogP contribution >= 0.6 is 0 Å². The Labute approximate surface area is 425 Å². The summed E-state index contributed by atoms with van der Waals surface area (Å²) in [5.41, 5.74) is 2.47. The van der Waals surface area contributed by atoms with Crippen LogP contribution in [0.2, 0.25) is 0 Å². The molecular weight excluding hydrogens is 955 g/mol. The third-order valence-electron chi connectivity index (χ3n) is 12.0. The SMILES string of the molecule is CCC(CC)OCC(COC(CC)CC)Oc1ccc2c(c1)c(C(=O)Oc1c(C)cc(C(=O)OC)cc1C)c1cc(OC(COC(COC)COC)COC(COC)COC)ccc1[n+]2CCCS(=O)(=O)[O-]. The average molecular weight is 1030 g/mol. The molecule has 0 amide bonds. The number of aromatic nitrogens is 1. The van der Waals surface area contributed by atoms with Crippen LogP contribution in [-0.2, 0) is 59.3 Å².